The molecule has 15 heavy (non-hydrogen) atoms. The van der Waals surface area contributed by atoms with Gasteiger partial charge in [-0.15, -0.1) is 0 Å². The third kappa shape index (κ3) is 3.21. The van der Waals surface area contributed by atoms with Crippen LogP contribution in [0.5, 0.6) is 0 Å². The summed E-state index contributed by atoms with van der Waals surface area (Å²) in [4.78, 5) is 4.33. The summed E-state index contributed by atoms with van der Waals surface area (Å²) in [5, 5.41) is 3.95. The Morgan fingerprint density at radius 2 is 2.40 bits per heavy atom. The van der Waals surface area contributed by atoms with E-state index in [0.29, 0.717) is 5.89 Å². The monoisotopic (exact) mass is 227 g/mol. The van der Waals surface area contributed by atoms with Crippen LogP contribution in [0.25, 0.3) is 0 Å². The highest BCUT2D eigenvalue weighted by Crippen LogP contribution is 2.31. The van der Waals surface area contributed by atoms with Crippen LogP contribution >= 0.6 is 11.8 Å². The quantitative estimate of drug-likeness (QED) is 0.802. The number of aromatic nitrogens is 2. The Kier molecular flexibility index (Phi) is 3.64. The molecule has 1 fully saturated rings. The van der Waals surface area contributed by atoms with Gasteiger partial charge in [-0.1, -0.05) is 5.16 Å². The normalized spacial score (nSPS) is 18.0. The lowest BCUT2D eigenvalue weighted by atomic mass is 10.2. The fourth-order valence-corrected chi connectivity index (χ4v) is 1.94. The van der Waals surface area contributed by atoms with E-state index in [1.165, 1.54) is 12.8 Å². The van der Waals surface area contributed by atoms with Crippen molar-refractivity contribution in [1.82, 2.24) is 10.1 Å². The molecule has 0 aromatic carbocycles. The molecule has 0 saturated heterocycles. The zero-order valence-electron chi connectivity index (χ0n) is 8.98. The van der Waals surface area contributed by atoms with Gasteiger partial charge >= 0.3 is 0 Å². The average molecular weight is 227 g/mol. The average Bonchev–Trinajstić information content (AvgIpc) is 2.91. The lowest BCUT2D eigenvalue weighted by Gasteiger charge is -2.03. The highest BCUT2D eigenvalue weighted by molar-refractivity contribution is 7.98. The van der Waals surface area contributed by atoms with Gasteiger partial charge in [-0.2, -0.15) is 16.7 Å². The first kappa shape index (κ1) is 11.0. The van der Waals surface area contributed by atoms with Gasteiger partial charge in [-0.25, -0.2) is 0 Å². The van der Waals surface area contributed by atoms with Gasteiger partial charge in [0.05, 0.1) is 6.04 Å². The van der Waals surface area contributed by atoms with Gasteiger partial charge in [0.15, 0.2) is 5.82 Å². The van der Waals surface area contributed by atoms with Crippen LogP contribution in [0, 0.1) is 5.92 Å². The molecular weight excluding hydrogens is 210 g/mol. The molecule has 5 heteroatoms. The SMILES string of the molecule is CSCCC(N)c1nc(CC2CC2)no1. The maximum absolute atomic E-state index is 5.93. The van der Waals surface area contributed by atoms with Gasteiger partial charge in [0.25, 0.3) is 0 Å². The van der Waals surface area contributed by atoms with E-state index in [1.807, 2.05) is 0 Å². The van der Waals surface area contributed by atoms with Crippen molar-refractivity contribution < 1.29 is 4.52 Å². The van der Waals surface area contributed by atoms with Crippen LogP contribution in [0.2, 0.25) is 0 Å². The summed E-state index contributed by atoms with van der Waals surface area (Å²) < 4.78 is 5.16. The first-order chi connectivity index (χ1) is 7.29. The van der Waals surface area contributed by atoms with Gasteiger partial charge in [-0.3, -0.25) is 0 Å². The van der Waals surface area contributed by atoms with Gasteiger partial charge in [-0.05, 0) is 37.2 Å². The molecular formula is C10H17N3OS. The molecule has 4 nitrogen and oxygen atoms in total. The van der Waals surface area contributed by atoms with E-state index in [1.54, 1.807) is 11.8 Å². The molecule has 2 rings (SSSR count). The fraction of sp³-hybridized carbons (Fsp3) is 0.800. The molecule has 0 spiro atoms. The minimum Gasteiger partial charge on any atom is -0.338 e. The molecule has 2 N–H and O–H groups in total. The molecule has 0 amide bonds. The second-order valence-corrected chi connectivity index (χ2v) is 5.07. The van der Waals surface area contributed by atoms with Crippen molar-refractivity contribution in [1.29, 1.82) is 0 Å². The molecule has 1 atom stereocenters. The maximum atomic E-state index is 5.93. The Hall–Kier alpha value is -0.550. The highest BCUT2D eigenvalue weighted by Gasteiger charge is 2.24. The molecule has 0 bridgehead atoms. The molecule has 1 heterocycles. The summed E-state index contributed by atoms with van der Waals surface area (Å²) in [5.41, 5.74) is 5.93. The molecule has 1 aliphatic carbocycles. The van der Waals surface area contributed by atoms with Crippen molar-refractivity contribution in [3.63, 3.8) is 0 Å². The smallest absolute Gasteiger partial charge is 0.243 e. The second kappa shape index (κ2) is 4.99. The Morgan fingerprint density at radius 1 is 1.60 bits per heavy atom. The number of hydrogen-bond acceptors (Lipinski definition) is 5. The van der Waals surface area contributed by atoms with Crippen molar-refractivity contribution >= 4 is 11.8 Å². The molecule has 1 aromatic heterocycles. The van der Waals surface area contributed by atoms with E-state index in [-0.39, 0.29) is 6.04 Å². The van der Waals surface area contributed by atoms with Gasteiger partial charge in [0.1, 0.15) is 0 Å². The summed E-state index contributed by atoms with van der Waals surface area (Å²) in [5.74, 6) is 3.24. The van der Waals surface area contributed by atoms with Crippen LogP contribution in [0.3, 0.4) is 0 Å². The minimum absolute atomic E-state index is 0.0992. The van der Waals surface area contributed by atoms with E-state index in [4.69, 9.17) is 10.3 Å². The largest absolute Gasteiger partial charge is 0.338 e. The predicted octanol–water partition coefficient (Wildman–Crippen LogP) is 1.77. The van der Waals surface area contributed by atoms with Crippen LogP contribution in [-0.4, -0.2) is 22.1 Å². The zero-order valence-corrected chi connectivity index (χ0v) is 9.80. The van der Waals surface area contributed by atoms with Crippen LogP contribution in [0.4, 0.5) is 0 Å². The van der Waals surface area contributed by atoms with E-state index in [0.717, 1.165) is 30.3 Å². The van der Waals surface area contributed by atoms with Crippen molar-refractivity contribution in [2.75, 3.05) is 12.0 Å². The third-order valence-corrected chi connectivity index (χ3v) is 3.25. The Labute approximate surface area is 94.0 Å². The molecule has 1 saturated carbocycles. The van der Waals surface area contributed by atoms with Crippen LogP contribution in [0.15, 0.2) is 4.52 Å². The molecule has 1 unspecified atom stereocenters. The summed E-state index contributed by atoms with van der Waals surface area (Å²) in [6.45, 7) is 0. The van der Waals surface area contributed by atoms with Gasteiger partial charge in [0, 0.05) is 6.42 Å². The van der Waals surface area contributed by atoms with Crippen molar-refractivity contribution in [3.05, 3.63) is 11.7 Å². The summed E-state index contributed by atoms with van der Waals surface area (Å²) in [7, 11) is 0. The van der Waals surface area contributed by atoms with E-state index >= 15 is 0 Å². The lowest BCUT2D eigenvalue weighted by Crippen LogP contribution is -2.11. The molecule has 84 valence electrons. The fourth-order valence-electron chi connectivity index (χ4n) is 1.45. The summed E-state index contributed by atoms with van der Waals surface area (Å²) >= 11 is 1.78. The van der Waals surface area contributed by atoms with Crippen molar-refractivity contribution in [3.8, 4) is 0 Å². The number of nitrogens with two attached hydrogens (primary N) is 1. The number of thioether (sulfide) groups is 1. The van der Waals surface area contributed by atoms with Gasteiger partial charge in [0.2, 0.25) is 5.89 Å². The van der Waals surface area contributed by atoms with E-state index in [2.05, 4.69) is 16.4 Å². The zero-order chi connectivity index (χ0) is 10.7. The van der Waals surface area contributed by atoms with Crippen LogP contribution in [0.1, 0.15) is 37.0 Å². The Bertz CT molecular complexity index is 311. The Balaban J connectivity index is 1.86. The second-order valence-electron chi connectivity index (χ2n) is 4.08. The first-order valence-corrected chi connectivity index (χ1v) is 6.76. The highest BCUT2D eigenvalue weighted by atomic mass is 32.2. The van der Waals surface area contributed by atoms with Crippen LogP contribution in [-0.2, 0) is 6.42 Å². The Morgan fingerprint density at radius 3 is 3.07 bits per heavy atom. The number of nitrogens with zero attached hydrogens (tertiary/aromatic N) is 2. The first-order valence-electron chi connectivity index (χ1n) is 5.36. The standard InChI is InChI=1S/C10H17N3OS/c1-15-5-4-8(11)10-12-9(13-14-10)6-7-2-3-7/h7-8H,2-6,11H2,1H3. The molecule has 1 aliphatic rings. The van der Waals surface area contributed by atoms with Crippen LogP contribution < -0.4 is 5.73 Å². The molecule has 0 aliphatic heterocycles. The third-order valence-electron chi connectivity index (χ3n) is 2.60. The van der Waals surface area contributed by atoms with Crippen molar-refractivity contribution in [2.24, 2.45) is 11.7 Å². The van der Waals surface area contributed by atoms with E-state index < -0.39 is 0 Å². The number of hydrogen-bond donors (Lipinski definition) is 1. The van der Waals surface area contributed by atoms with Crippen molar-refractivity contribution in [2.45, 2.75) is 31.7 Å². The van der Waals surface area contributed by atoms with Gasteiger partial charge < -0.3 is 10.3 Å². The summed E-state index contributed by atoms with van der Waals surface area (Å²) in [6.07, 6.45) is 6.54. The number of rotatable bonds is 6. The van der Waals surface area contributed by atoms with E-state index in [9.17, 15) is 0 Å². The minimum atomic E-state index is -0.0992. The lowest BCUT2D eigenvalue weighted by molar-refractivity contribution is 0.348. The predicted molar refractivity (Wildman–Crippen MR) is 60.7 cm³/mol. The molecule has 1 aromatic rings. The molecule has 0 radical (unpaired) electrons. The summed E-state index contributed by atoms with van der Waals surface area (Å²) in [6, 6.07) is -0.0992. The topological polar surface area (TPSA) is 64.9 Å². The maximum Gasteiger partial charge on any atom is 0.243 e.